The fourth-order valence-electron chi connectivity index (χ4n) is 1.94. The molecule has 0 saturated heterocycles. The molecule has 2 heterocycles. The minimum Gasteiger partial charge on any atom is -0.402 e. The third-order valence-corrected chi connectivity index (χ3v) is 6.05. The van der Waals surface area contributed by atoms with Gasteiger partial charge in [-0.3, -0.25) is 10.1 Å². The Hall–Kier alpha value is -1.35. The minimum absolute atomic E-state index is 0.120. The van der Waals surface area contributed by atoms with E-state index in [-0.39, 0.29) is 11.9 Å². The molecule has 2 aromatic heterocycles. The number of halogens is 2. The molecule has 25 heavy (non-hydrogen) atoms. The lowest BCUT2D eigenvalue weighted by Crippen LogP contribution is -2.11. The largest absolute Gasteiger partial charge is 0.402 e. The Labute approximate surface area is 166 Å². The summed E-state index contributed by atoms with van der Waals surface area (Å²) in [6.45, 7) is 0. The molecule has 0 fully saturated rings. The maximum absolute atomic E-state index is 11.9. The number of nitrogens with zero attached hydrogens (tertiary/aromatic N) is 2. The van der Waals surface area contributed by atoms with Crippen molar-refractivity contribution in [3.63, 3.8) is 0 Å². The number of hydrogen-bond acceptors (Lipinski definition) is 6. The second-order valence-electron chi connectivity index (χ2n) is 4.97. The lowest BCUT2D eigenvalue weighted by Gasteiger charge is -2.02. The molecule has 0 saturated carbocycles. The minimum atomic E-state index is -0.140. The first kappa shape index (κ1) is 18.4. The third-order valence-electron chi connectivity index (χ3n) is 3.09. The molecule has 130 valence electrons. The summed E-state index contributed by atoms with van der Waals surface area (Å²) in [5, 5.41) is 11.1. The van der Waals surface area contributed by atoms with Crippen LogP contribution in [-0.4, -0.2) is 21.9 Å². The van der Waals surface area contributed by atoms with E-state index in [1.165, 1.54) is 11.3 Å². The molecule has 0 aliphatic rings. The molecule has 3 rings (SSSR count). The molecule has 0 radical (unpaired) electrons. The van der Waals surface area contributed by atoms with Gasteiger partial charge in [-0.1, -0.05) is 16.7 Å². The number of rotatable bonds is 7. The van der Waals surface area contributed by atoms with Crippen LogP contribution in [0.3, 0.4) is 0 Å². The number of benzene rings is 1. The van der Waals surface area contributed by atoms with E-state index in [1.54, 1.807) is 11.8 Å². The van der Waals surface area contributed by atoms with Crippen molar-refractivity contribution >= 4 is 62.6 Å². The van der Waals surface area contributed by atoms with Gasteiger partial charge in [-0.05, 0) is 64.5 Å². The van der Waals surface area contributed by atoms with Crippen molar-refractivity contribution in [1.29, 1.82) is 0 Å². The topological polar surface area (TPSA) is 68.0 Å². The third kappa shape index (κ3) is 5.57. The number of carbonyl (C=O) groups is 1. The first-order valence-corrected chi connectivity index (χ1v) is 10.3. The fraction of sp³-hybridized carbons (Fsp3) is 0.188. The van der Waals surface area contributed by atoms with Gasteiger partial charge in [-0.2, -0.15) is 0 Å². The summed E-state index contributed by atoms with van der Waals surface area (Å²) in [6, 6.07) is 11.6. The SMILES string of the molecule is O=C(CCCSc1ccc(Cl)cc1)Nc1nnc(-c2ccc(Br)s2)o1. The number of aromatic nitrogens is 2. The van der Waals surface area contributed by atoms with Crippen LogP contribution in [0.4, 0.5) is 6.01 Å². The van der Waals surface area contributed by atoms with E-state index in [0.717, 1.165) is 30.8 Å². The summed E-state index contributed by atoms with van der Waals surface area (Å²) in [6.07, 6.45) is 1.14. The van der Waals surface area contributed by atoms with Gasteiger partial charge in [-0.25, -0.2) is 0 Å². The molecule has 0 atom stereocenters. The van der Waals surface area contributed by atoms with Crippen molar-refractivity contribution in [2.45, 2.75) is 17.7 Å². The number of hydrogen-bond donors (Lipinski definition) is 1. The summed E-state index contributed by atoms with van der Waals surface area (Å²) < 4.78 is 6.43. The number of thiophene rings is 1. The van der Waals surface area contributed by atoms with Gasteiger partial charge < -0.3 is 4.42 Å². The zero-order valence-corrected chi connectivity index (χ0v) is 16.8. The molecule has 5 nitrogen and oxygen atoms in total. The molecule has 0 aliphatic carbocycles. The smallest absolute Gasteiger partial charge is 0.322 e. The summed E-state index contributed by atoms with van der Waals surface area (Å²) in [5.74, 6) is 1.09. The predicted molar refractivity (Wildman–Crippen MR) is 105 cm³/mol. The Morgan fingerprint density at radius 1 is 1.24 bits per heavy atom. The normalized spacial score (nSPS) is 10.8. The highest BCUT2D eigenvalue weighted by molar-refractivity contribution is 9.11. The summed E-state index contributed by atoms with van der Waals surface area (Å²) in [7, 11) is 0. The van der Waals surface area contributed by atoms with Crippen molar-refractivity contribution in [1.82, 2.24) is 10.2 Å². The Balaban J connectivity index is 1.42. The first-order valence-electron chi connectivity index (χ1n) is 7.37. The van der Waals surface area contributed by atoms with E-state index in [9.17, 15) is 4.79 Å². The van der Waals surface area contributed by atoms with E-state index in [4.69, 9.17) is 16.0 Å². The van der Waals surface area contributed by atoms with Crippen molar-refractivity contribution in [3.8, 4) is 10.8 Å². The Morgan fingerprint density at radius 3 is 2.76 bits per heavy atom. The molecular formula is C16H13BrClN3O2S2. The highest BCUT2D eigenvalue weighted by Crippen LogP contribution is 2.31. The Morgan fingerprint density at radius 2 is 2.04 bits per heavy atom. The van der Waals surface area contributed by atoms with Crippen LogP contribution in [0, 0.1) is 0 Å². The van der Waals surface area contributed by atoms with Crippen LogP contribution in [0.15, 0.2) is 49.5 Å². The van der Waals surface area contributed by atoms with Gasteiger partial charge in [0.15, 0.2) is 0 Å². The molecule has 3 aromatic rings. The molecule has 1 N–H and O–H groups in total. The number of thioether (sulfide) groups is 1. The van der Waals surface area contributed by atoms with Crippen LogP contribution in [0.1, 0.15) is 12.8 Å². The van der Waals surface area contributed by atoms with Crippen LogP contribution >= 0.6 is 50.6 Å². The number of carbonyl (C=O) groups excluding carboxylic acids is 1. The zero-order chi connectivity index (χ0) is 17.6. The lowest BCUT2D eigenvalue weighted by atomic mass is 10.3. The van der Waals surface area contributed by atoms with Crippen LogP contribution < -0.4 is 5.32 Å². The van der Waals surface area contributed by atoms with Gasteiger partial charge in [0.2, 0.25) is 5.91 Å². The highest BCUT2D eigenvalue weighted by Gasteiger charge is 2.12. The Kier molecular flexibility index (Phi) is 6.52. The zero-order valence-electron chi connectivity index (χ0n) is 12.9. The predicted octanol–water partition coefficient (Wildman–Crippen LogP) is 5.73. The lowest BCUT2D eigenvalue weighted by molar-refractivity contribution is -0.116. The van der Waals surface area contributed by atoms with E-state index in [0.29, 0.717) is 12.3 Å². The molecule has 1 amide bonds. The van der Waals surface area contributed by atoms with Gasteiger partial charge in [0.25, 0.3) is 5.89 Å². The number of anilines is 1. The Bertz CT molecular complexity index is 851. The molecule has 0 spiro atoms. The molecule has 9 heteroatoms. The summed E-state index contributed by atoms with van der Waals surface area (Å²) >= 11 is 12.4. The van der Waals surface area contributed by atoms with Crippen molar-refractivity contribution in [3.05, 3.63) is 45.2 Å². The van der Waals surface area contributed by atoms with E-state index in [1.807, 2.05) is 36.4 Å². The molecule has 0 bridgehead atoms. The summed E-state index contributed by atoms with van der Waals surface area (Å²) in [5.41, 5.74) is 0. The first-order chi connectivity index (χ1) is 12.1. The van der Waals surface area contributed by atoms with Crippen LogP contribution in [0.5, 0.6) is 0 Å². The second kappa shape index (κ2) is 8.84. The van der Waals surface area contributed by atoms with Gasteiger partial charge in [0.05, 0.1) is 8.66 Å². The monoisotopic (exact) mass is 457 g/mol. The van der Waals surface area contributed by atoms with E-state index >= 15 is 0 Å². The fourth-order valence-corrected chi connectivity index (χ4v) is 4.22. The number of nitrogens with one attached hydrogen (secondary N) is 1. The average Bonchev–Trinajstić information content (AvgIpc) is 3.22. The van der Waals surface area contributed by atoms with Gasteiger partial charge in [0.1, 0.15) is 0 Å². The van der Waals surface area contributed by atoms with Crippen molar-refractivity contribution in [2.75, 3.05) is 11.1 Å². The highest BCUT2D eigenvalue weighted by atomic mass is 79.9. The molecular weight excluding hydrogens is 446 g/mol. The van der Waals surface area contributed by atoms with Crippen LogP contribution in [0.25, 0.3) is 10.8 Å². The average molecular weight is 459 g/mol. The molecule has 0 aliphatic heterocycles. The van der Waals surface area contributed by atoms with Gasteiger partial charge in [-0.15, -0.1) is 28.2 Å². The van der Waals surface area contributed by atoms with E-state index < -0.39 is 0 Å². The van der Waals surface area contributed by atoms with Crippen LogP contribution in [0.2, 0.25) is 5.02 Å². The quantitative estimate of drug-likeness (QED) is 0.362. The van der Waals surface area contributed by atoms with Gasteiger partial charge >= 0.3 is 6.01 Å². The molecule has 0 unspecified atom stereocenters. The van der Waals surface area contributed by atoms with Crippen LogP contribution in [-0.2, 0) is 4.79 Å². The second-order valence-corrected chi connectivity index (χ2v) is 9.04. The maximum Gasteiger partial charge on any atom is 0.322 e. The molecule has 1 aromatic carbocycles. The van der Waals surface area contributed by atoms with Gasteiger partial charge in [0, 0.05) is 16.3 Å². The summed E-state index contributed by atoms with van der Waals surface area (Å²) in [4.78, 5) is 13.9. The standard InChI is InChI=1S/C16H13BrClN3O2S2/c17-13-8-7-12(25-13)15-20-21-16(23-15)19-14(22)2-1-9-24-11-5-3-10(18)4-6-11/h3-8H,1-2,9H2,(H,19,21,22). The number of amides is 1. The van der Waals surface area contributed by atoms with Crippen molar-refractivity contribution < 1.29 is 9.21 Å². The van der Waals surface area contributed by atoms with Crippen molar-refractivity contribution in [2.24, 2.45) is 0 Å². The van der Waals surface area contributed by atoms with E-state index in [2.05, 4.69) is 31.4 Å². The maximum atomic E-state index is 11.9.